The third-order valence-electron chi connectivity index (χ3n) is 3.05. The summed E-state index contributed by atoms with van der Waals surface area (Å²) >= 11 is 0. The molecule has 0 aromatic carbocycles. The van der Waals surface area contributed by atoms with Gasteiger partial charge in [0.2, 0.25) is 0 Å². The first-order chi connectivity index (χ1) is 10.4. The highest BCUT2D eigenvalue weighted by Gasteiger charge is 2.40. The van der Waals surface area contributed by atoms with Crippen LogP contribution >= 0.6 is 0 Å². The summed E-state index contributed by atoms with van der Waals surface area (Å²) in [5.74, 6) is -0.597. The molecule has 0 aliphatic carbocycles. The van der Waals surface area contributed by atoms with Crippen molar-refractivity contribution >= 4 is 22.2 Å². The van der Waals surface area contributed by atoms with Crippen LogP contribution in [0.2, 0.25) is 0 Å². The molecule has 1 fully saturated rings. The van der Waals surface area contributed by atoms with Crippen LogP contribution in [-0.4, -0.2) is 62.5 Å². The van der Waals surface area contributed by atoms with Crippen LogP contribution in [0.25, 0.3) is 0 Å². The number of rotatable bonds is 4. The maximum absolute atomic E-state index is 12.3. The van der Waals surface area contributed by atoms with E-state index in [-0.39, 0.29) is 19.6 Å². The first-order valence-electron chi connectivity index (χ1n) is 7.47. The van der Waals surface area contributed by atoms with Gasteiger partial charge in [-0.2, -0.15) is 8.42 Å². The summed E-state index contributed by atoms with van der Waals surface area (Å²) in [4.78, 5) is 25.6. The molecule has 1 aliphatic heterocycles. The summed E-state index contributed by atoms with van der Waals surface area (Å²) < 4.78 is 37.7. The van der Waals surface area contributed by atoms with Crippen LogP contribution in [-0.2, 0) is 28.6 Å². The fourth-order valence-corrected chi connectivity index (χ4v) is 2.94. The Balaban J connectivity index is 2.89. The number of nitrogens with zero attached hydrogens (tertiary/aromatic N) is 1. The van der Waals surface area contributed by atoms with Crippen molar-refractivity contribution in [2.75, 3.05) is 19.4 Å². The second kappa shape index (κ2) is 7.48. The lowest BCUT2D eigenvalue weighted by atomic mass is 10.00. The number of carbonyl (C=O) groups is 2. The van der Waals surface area contributed by atoms with Gasteiger partial charge in [-0.15, -0.1) is 0 Å². The number of ether oxygens (including phenoxy) is 2. The van der Waals surface area contributed by atoms with E-state index in [0.29, 0.717) is 6.42 Å². The van der Waals surface area contributed by atoms with Gasteiger partial charge < -0.3 is 9.47 Å². The molecule has 134 valence electrons. The zero-order chi connectivity index (χ0) is 17.8. The summed E-state index contributed by atoms with van der Waals surface area (Å²) in [6.07, 6.45) is -0.00794. The quantitative estimate of drug-likeness (QED) is 0.556. The van der Waals surface area contributed by atoms with E-state index < -0.39 is 39.9 Å². The number of hydrogen-bond acceptors (Lipinski definition) is 7. The van der Waals surface area contributed by atoms with Crippen LogP contribution in [0.15, 0.2) is 0 Å². The minimum Gasteiger partial charge on any atom is -0.464 e. The van der Waals surface area contributed by atoms with Crippen molar-refractivity contribution < 1.29 is 31.7 Å². The molecule has 1 rings (SSSR count). The number of amides is 1. The molecule has 9 heteroatoms. The lowest BCUT2D eigenvalue weighted by Crippen LogP contribution is -2.53. The molecule has 8 nitrogen and oxygen atoms in total. The van der Waals surface area contributed by atoms with Crippen molar-refractivity contribution in [3.63, 3.8) is 0 Å². The predicted molar refractivity (Wildman–Crippen MR) is 82.3 cm³/mol. The summed E-state index contributed by atoms with van der Waals surface area (Å²) in [7, 11) is -3.64. The fraction of sp³-hybridized carbons (Fsp3) is 0.857. The van der Waals surface area contributed by atoms with Crippen molar-refractivity contribution in [2.24, 2.45) is 0 Å². The Hall–Kier alpha value is -1.35. The van der Waals surface area contributed by atoms with Gasteiger partial charge in [0, 0.05) is 13.0 Å². The highest BCUT2D eigenvalue weighted by Crippen LogP contribution is 2.24. The average molecular weight is 351 g/mol. The average Bonchev–Trinajstić information content (AvgIpc) is 2.34. The molecule has 0 radical (unpaired) electrons. The molecular formula is C14H25NO7S. The Labute approximate surface area is 137 Å². The Kier molecular flexibility index (Phi) is 6.41. The van der Waals surface area contributed by atoms with E-state index in [2.05, 4.69) is 0 Å². The Morgan fingerprint density at radius 3 is 2.35 bits per heavy atom. The molecule has 0 saturated carbocycles. The largest absolute Gasteiger partial charge is 0.464 e. The zero-order valence-electron chi connectivity index (χ0n) is 14.2. The van der Waals surface area contributed by atoms with E-state index in [9.17, 15) is 18.0 Å². The normalized spacial score (nSPS) is 22.6. The molecule has 0 aromatic heterocycles. The van der Waals surface area contributed by atoms with Gasteiger partial charge in [-0.3, -0.25) is 9.08 Å². The molecule has 1 amide bonds. The number of hydrogen-bond donors (Lipinski definition) is 0. The highest BCUT2D eigenvalue weighted by atomic mass is 32.2. The Bertz CT molecular complexity index is 538. The van der Waals surface area contributed by atoms with Crippen molar-refractivity contribution in [2.45, 2.75) is 58.3 Å². The van der Waals surface area contributed by atoms with Crippen molar-refractivity contribution in [1.82, 2.24) is 4.90 Å². The van der Waals surface area contributed by atoms with Crippen molar-refractivity contribution in [1.29, 1.82) is 0 Å². The number of piperidine rings is 1. The van der Waals surface area contributed by atoms with Gasteiger partial charge >= 0.3 is 12.1 Å². The first-order valence-corrected chi connectivity index (χ1v) is 9.29. The van der Waals surface area contributed by atoms with E-state index in [1.807, 2.05) is 0 Å². The number of likely N-dealkylation sites (tertiary alicyclic amines) is 1. The van der Waals surface area contributed by atoms with Crippen LogP contribution in [0.5, 0.6) is 0 Å². The Morgan fingerprint density at radius 1 is 1.26 bits per heavy atom. The van der Waals surface area contributed by atoms with Gasteiger partial charge in [0.15, 0.2) is 0 Å². The molecule has 0 N–H and O–H groups in total. The highest BCUT2D eigenvalue weighted by molar-refractivity contribution is 7.86. The number of esters is 1. The fourth-order valence-electron chi connectivity index (χ4n) is 2.27. The Morgan fingerprint density at radius 2 is 1.87 bits per heavy atom. The second-order valence-electron chi connectivity index (χ2n) is 6.39. The maximum Gasteiger partial charge on any atom is 0.411 e. The van der Waals surface area contributed by atoms with Crippen molar-refractivity contribution in [3.05, 3.63) is 0 Å². The predicted octanol–water partition coefficient (Wildman–Crippen LogP) is 1.29. The van der Waals surface area contributed by atoms with Crippen LogP contribution < -0.4 is 0 Å². The monoisotopic (exact) mass is 351 g/mol. The van der Waals surface area contributed by atoms with Gasteiger partial charge in [-0.05, 0) is 34.1 Å². The van der Waals surface area contributed by atoms with E-state index in [1.54, 1.807) is 27.7 Å². The minimum absolute atomic E-state index is 0.0468. The molecule has 1 heterocycles. The van der Waals surface area contributed by atoms with Crippen LogP contribution in [0.4, 0.5) is 4.79 Å². The molecule has 0 bridgehead atoms. The SMILES string of the molecule is CCOC(=O)[C@H]1CC(OS(C)(=O)=O)CCN1C(=O)OC(C)(C)C. The topological polar surface area (TPSA) is 99.2 Å². The van der Waals surface area contributed by atoms with E-state index in [4.69, 9.17) is 13.7 Å². The molecule has 1 saturated heterocycles. The maximum atomic E-state index is 12.3. The number of carbonyl (C=O) groups excluding carboxylic acids is 2. The second-order valence-corrected chi connectivity index (χ2v) is 7.99. The summed E-state index contributed by atoms with van der Waals surface area (Å²) in [6.45, 7) is 7.15. The van der Waals surface area contributed by atoms with E-state index in [1.165, 1.54) is 4.90 Å². The molecule has 2 atom stereocenters. The standard InChI is InChI=1S/C14H25NO7S/c1-6-20-12(16)11-9-10(22-23(5,18)19)7-8-15(11)13(17)21-14(2,3)4/h10-11H,6-9H2,1-5H3/t10?,11-/m1/s1. The van der Waals surface area contributed by atoms with Gasteiger partial charge in [0.25, 0.3) is 10.1 Å². The van der Waals surface area contributed by atoms with Crippen LogP contribution in [0.3, 0.4) is 0 Å². The molecule has 1 aliphatic rings. The molecule has 1 unspecified atom stereocenters. The van der Waals surface area contributed by atoms with E-state index >= 15 is 0 Å². The van der Waals surface area contributed by atoms with Gasteiger partial charge in [-0.1, -0.05) is 0 Å². The van der Waals surface area contributed by atoms with Crippen molar-refractivity contribution in [3.8, 4) is 0 Å². The van der Waals surface area contributed by atoms with Gasteiger partial charge in [0.1, 0.15) is 11.6 Å². The third kappa shape index (κ3) is 6.74. The van der Waals surface area contributed by atoms with Crippen LogP contribution in [0, 0.1) is 0 Å². The first kappa shape index (κ1) is 19.7. The van der Waals surface area contributed by atoms with Gasteiger partial charge in [0.05, 0.1) is 19.0 Å². The molecular weight excluding hydrogens is 326 g/mol. The minimum atomic E-state index is -3.64. The zero-order valence-corrected chi connectivity index (χ0v) is 15.0. The molecule has 23 heavy (non-hydrogen) atoms. The van der Waals surface area contributed by atoms with E-state index in [0.717, 1.165) is 6.26 Å². The smallest absolute Gasteiger partial charge is 0.411 e. The molecule has 0 aromatic rings. The van der Waals surface area contributed by atoms with Gasteiger partial charge in [-0.25, -0.2) is 9.59 Å². The summed E-state index contributed by atoms with van der Waals surface area (Å²) in [5, 5.41) is 0. The summed E-state index contributed by atoms with van der Waals surface area (Å²) in [6, 6.07) is -0.926. The lowest BCUT2D eigenvalue weighted by molar-refractivity contribution is -0.152. The molecule has 0 spiro atoms. The van der Waals surface area contributed by atoms with Crippen LogP contribution in [0.1, 0.15) is 40.5 Å². The summed E-state index contributed by atoms with van der Waals surface area (Å²) in [5.41, 5.74) is -0.698. The third-order valence-corrected chi connectivity index (χ3v) is 3.67. The lowest BCUT2D eigenvalue weighted by Gasteiger charge is -2.37.